The molecular formula is C22H26N2O4. The van der Waals surface area contributed by atoms with Crippen LogP contribution in [-0.4, -0.2) is 31.6 Å². The number of nitrogens with one attached hydrogen (secondary N) is 1. The van der Waals surface area contributed by atoms with Crippen LogP contribution in [0.3, 0.4) is 0 Å². The molecule has 148 valence electrons. The number of carbonyl (C=O) groups excluding carboxylic acids is 2. The summed E-state index contributed by atoms with van der Waals surface area (Å²) in [5.41, 5.74) is 2.31. The zero-order valence-electron chi connectivity index (χ0n) is 16.5. The predicted octanol–water partition coefficient (Wildman–Crippen LogP) is 3.54. The van der Waals surface area contributed by atoms with E-state index in [1.807, 2.05) is 44.2 Å². The molecule has 1 aliphatic heterocycles. The molecule has 28 heavy (non-hydrogen) atoms. The van der Waals surface area contributed by atoms with Crippen molar-refractivity contribution in [2.24, 2.45) is 0 Å². The number of benzene rings is 2. The second-order valence-corrected chi connectivity index (χ2v) is 7.03. The van der Waals surface area contributed by atoms with Crippen molar-refractivity contribution in [3.05, 3.63) is 53.6 Å². The Morgan fingerprint density at radius 1 is 1.14 bits per heavy atom. The van der Waals surface area contributed by atoms with Crippen LogP contribution in [0.4, 0.5) is 5.69 Å². The summed E-state index contributed by atoms with van der Waals surface area (Å²) in [5, 5.41) is 2.91. The first-order valence-electron chi connectivity index (χ1n) is 9.50. The maximum Gasteiger partial charge on any atom is 0.251 e. The molecule has 2 aromatic carbocycles. The number of anilines is 1. The molecule has 3 rings (SSSR count). The van der Waals surface area contributed by atoms with E-state index in [4.69, 9.17) is 9.47 Å². The van der Waals surface area contributed by atoms with Gasteiger partial charge in [0.25, 0.3) is 5.91 Å². The molecule has 6 heteroatoms. The van der Waals surface area contributed by atoms with Crippen LogP contribution in [0.25, 0.3) is 0 Å². The van der Waals surface area contributed by atoms with Crippen molar-refractivity contribution in [1.82, 2.24) is 5.32 Å². The second-order valence-electron chi connectivity index (χ2n) is 7.03. The zero-order chi connectivity index (χ0) is 20.1. The minimum absolute atomic E-state index is 0.0540. The van der Waals surface area contributed by atoms with Gasteiger partial charge in [-0.25, -0.2) is 0 Å². The lowest BCUT2D eigenvalue weighted by molar-refractivity contribution is -0.117. The molecule has 1 fully saturated rings. The van der Waals surface area contributed by atoms with Gasteiger partial charge in [0.2, 0.25) is 5.91 Å². The predicted molar refractivity (Wildman–Crippen MR) is 108 cm³/mol. The first-order chi connectivity index (χ1) is 13.5. The quantitative estimate of drug-likeness (QED) is 0.795. The van der Waals surface area contributed by atoms with E-state index in [9.17, 15) is 9.59 Å². The van der Waals surface area contributed by atoms with Crippen LogP contribution in [-0.2, 0) is 11.3 Å². The Morgan fingerprint density at radius 2 is 1.89 bits per heavy atom. The number of rotatable bonds is 7. The first-order valence-corrected chi connectivity index (χ1v) is 9.50. The molecule has 1 saturated heterocycles. The fourth-order valence-corrected chi connectivity index (χ4v) is 3.17. The number of ether oxygens (including phenoxy) is 2. The second kappa shape index (κ2) is 8.78. The van der Waals surface area contributed by atoms with E-state index in [0.29, 0.717) is 30.0 Å². The summed E-state index contributed by atoms with van der Waals surface area (Å²) in [6.45, 7) is 5.03. The molecule has 6 nitrogen and oxygen atoms in total. The summed E-state index contributed by atoms with van der Waals surface area (Å²) in [7, 11) is 1.59. The largest absolute Gasteiger partial charge is 0.493 e. The SMILES string of the molecule is COc1cc(CNC(=O)c2ccc(N3CCCC3=O)cc2)ccc1OC(C)C. The Balaban J connectivity index is 1.61. The van der Waals surface area contributed by atoms with Gasteiger partial charge >= 0.3 is 0 Å². The Bertz CT molecular complexity index is 846. The summed E-state index contributed by atoms with van der Waals surface area (Å²) in [5.74, 6) is 1.29. The van der Waals surface area contributed by atoms with Crippen LogP contribution in [0.15, 0.2) is 42.5 Å². The van der Waals surface area contributed by atoms with Crippen molar-refractivity contribution in [3.8, 4) is 11.5 Å². The van der Waals surface area contributed by atoms with Crippen molar-refractivity contribution < 1.29 is 19.1 Å². The van der Waals surface area contributed by atoms with Crippen LogP contribution < -0.4 is 19.7 Å². The van der Waals surface area contributed by atoms with Crippen molar-refractivity contribution in [1.29, 1.82) is 0 Å². The molecule has 1 aliphatic rings. The van der Waals surface area contributed by atoms with Gasteiger partial charge in [-0.3, -0.25) is 9.59 Å². The van der Waals surface area contributed by atoms with E-state index in [2.05, 4.69) is 5.32 Å². The minimum Gasteiger partial charge on any atom is -0.493 e. The molecule has 1 heterocycles. The Labute approximate surface area is 165 Å². The number of carbonyl (C=O) groups is 2. The zero-order valence-corrected chi connectivity index (χ0v) is 16.5. The van der Waals surface area contributed by atoms with Crippen LogP contribution in [0, 0.1) is 0 Å². The summed E-state index contributed by atoms with van der Waals surface area (Å²) in [6, 6.07) is 12.7. The average molecular weight is 382 g/mol. The Morgan fingerprint density at radius 3 is 2.50 bits per heavy atom. The van der Waals surface area contributed by atoms with E-state index in [1.165, 1.54) is 0 Å². The van der Waals surface area contributed by atoms with Gasteiger partial charge in [-0.05, 0) is 62.2 Å². The molecule has 0 saturated carbocycles. The topological polar surface area (TPSA) is 67.9 Å². The molecule has 0 aliphatic carbocycles. The van der Waals surface area contributed by atoms with Gasteiger partial charge in [0.05, 0.1) is 13.2 Å². The fourth-order valence-electron chi connectivity index (χ4n) is 3.17. The van der Waals surface area contributed by atoms with Crippen molar-refractivity contribution in [2.45, 2.75) is 39.3 Å². The van der Waals surface area contributed by atoms with E-state index < -0.39 is 0 Å². The third-order valence-electron chi connectivity index (χ3n) is 4.56. The number of nitrogens with zero attached hydrogens (tertiary/aromatic N) is 1. The molecular weight excluding hydrogens is 356 g/mol. The van der Waals surface area contributed by atoms with Crippen LogP contribution in [0.2, 0.25) is 0 Å². The maximum atomic E-state index is 12.4. The smallest absolute Gasteiger partial charge is 0.251 e. The number of amides is 2. The summed E-state index contributed by atoms with van der Waals surface area (Å²) < 4.78 is 11.1. The molecule has 0 bridgehead atoms. The van der Waals surface area contributed by atoms with E-state index in [1.54, 1.807) is 24.1 Å². The lowest BCUT2D eigenvalue weighted by Gasteiger charge is -2.16. The first kappa shape index (κ1) is 19.7. The Hall–Kier alpha value is -3.02. The highest BCUT2D eigenvalue weighted by Gasteiger charge is 2.21. The van der Waals surface area contributed by atoms with Gasteiger partial charge in [0.15, 0.2) is 11.5 Å². The molecule has 0 radical (unpaired) electrons. The molecule has 0 unspecified atom stereocenters. The number of hydrogen-bond acceptors (Lipinski definition) is 4. The van der Waals surface area contributed by atoms with Gasteiger partial charge in [0, 0.05) is 30.8 Å². The molecule has 2 aromatic rings. The maximum absolute atomic E-state index is 12.4. The monoisotopic (exact) mass is 382 g/mol. The van der Waals surface area contributed by atoms with Gasteiger partial charge in [-0.15, -0.1) is 0 Å². The standard InChI is InChI=1S/C22H26N2O4/c1-15(2)28-19-11-6-16(13-20(19)27-3)14-23-22(26)17-7-9-18(10-8-17)24-12-4-5-21(24)25/h6-11,13,15H,4-5,12,14H2,1-3H3,(H,23,26). The van der Waals surface area contributed by atoms with Crippen molar-refractivity contribution in [2.75, 3.05) is 18.6 Å². The molecule has 0 aromatic heterocycles. The lowest BCUT2D eigenvalue weighted by atomic mass is 10.1. The van der Waals surface area contributed by atoms with Gasteiger partial charge in [-0.1, -0.05) is 6.07 Å². The lowest BCUT2D eigenvalue weighted by Crippen LogP contribution is -2.25. The minimum atomic E-state index is -0.166. The normalized spacial score (nSPS) is 13.7. The summed E-state index contributed by atoms with van der Waals surface area (Å²) in [6.07, 6.45) is 1.52. The fraction of sp³-hybridized carbons (Fsp3) is 0.364. The van der Waals surface area contributed by atoms with E-state index in [-0.39, 0.29) is 17.9 Å². The molecule has 0 spiro atoms. The highest BCUT2D eigenvalue weighted by molar-refractivity contribution is 5.97. The van der Waals surface area contributed by atoms with Crippen LogP contribution >= 0.6 is 0 Å². The van der Waals surface area contributed by atoms with Gasteiger partial charge in [0.1, 0.15) is 0 Å². The highest BCUT2D eigenvalue weighted by atomic mass is 16.5. The summed E-state index contributed by atoms with van der Waals surface area (Å²) >= 11 is 0. The van der Waals surface area contributed by atoms with Crippen molar-refractivity contribution in [3.63, 3.8) is 0 Å². The molecule has 2 amide bonds. The van der Waals surface area contributed by atoms with E-state index in [0.717, 1.165) is 24.2 Å². The molecule has 0 atom stereocenters. The average Bonchev–Trinajstić information content (AvgIpc) is 3.12. The third kappa shape index (κ3) is 4.63. The van der Waals surface area contributed by atoms with Gasteiger partial charge < -0.3 is 19.7 Å². The number of methoxy groups -OCH3 is 1. The Kier molecular flexibility index (Phi) is 6.19. The van der Waals surface area contributed by atoms with Crippen LogP contribution in [0.1, 0.15) is 42.6 Å². The van der Waals surface area contributed by atoms with Crippen LogP contribution in [0.5, 0.6) is 11.5 Å². The van der Waals surface area contributed by atoms with Gasteiger partial charge in [-0.2, -0.15) is 0 Å². The number of hydrogen-bond donors (Lipinski definition) is 1. The van der Waals surface area contributed by atoms with E-state index >= 15 is 0 Å². The molecule has 1 N–H and O–H groups in total. The third-order valence-corrected chi connectivity index (χ3v) is 4.56. The van der Waals surface area contributed by atoms with Crippen molar-refractivity contribution >= 4 is 17.5 Å². The highest BCUT2D eigenvalue weighted by Crippen LogP contribution is 2.29. The summed E-state index contributed by atoms with van der Waals surface area (Å²) in [4.78, 5) is 26.0.